The van der Waals surface area contributed by atoms with Crippen molar-refractivity contribution in [1.82, 2.24) is 25.2 Å². The Morgan fingerprint density at radius 3 is 2.52 bits per heavy atom. The summed E-state index contributed by atoms with van der Waals surface area (Å²) in [5.74, 6) is 1.24. The Labute approximate surface area is 199 Å². The molecule has 0 atom stereocenters. The van der Waals surface area contributed by atoms with Gasteiger partial charge in [-0.3, -0.25) is 14.3 Å². The number of thioether (sulfide) groups is 1. The Kier molecular flexibility index (Phi) is 7.33. The molecule has 8 nitrogen and oxygen atoms in total. The number of nitrogens with one attached hydrogen (secondary N) is 1. The molecule has 0 aliphatic rings. The number of benzene rings is 2. The summed E-state index contributed by atoms with van der Waals surface area (Å²) in [6.45, 7) is 0. The van der Waals surface area contributed by atoms with Crippen LogP contribution in [0.25, 0.3) is 17.1 Å². The van der Waals surface area contributed by atoms with Gasteiger partial charge in [-0.1, -0.05) is 23.4 Å². The molecular formula is C23H19ClN6O2S. The smallest absolute Gasteiger partial charge is 0.250 e. The van der Waals surface area contributed by atoms with Crippen molar-refractivity contribution in [2.24, 2.45) is 5.10 Å². The second-order valence-corrected chi connectivity index (χ2v) is 8.09. The molecule has 1 N–H and O–H groups in total. The number of pyridine rings is 1. The predicted octanol–water partition coefficient (Wildman–Crippen LogP) is 4.23. The van der Waals surface area contributed by atoms with E-state index in [1.807, 2.05) is 53.1 Å². The average molecular weight is 479 g/mol. The van der Waals surface area contributed by atoms with E-state index in [-0.39, 0.29) is 11.7 Å². The van der Waals surface area contributed by atoms with E-state index in [0.717, 1.165) is 22.6 Å². The Morgan fingerprint density at radius 1 is 1.09 bits per heavy atom. The van der Waals surface area contributed by atoms with Crippen LogP contribution in [-0.2, 0) is 4.79 Å². The number of hydrogen-bond acceptors (Lipinski definition) is 7. The number of hydrazone groups is 1. The first-order chi connectivity index (χ1) is 16.1. The molecule has 0 saturated carbocycles. The van der Waals surface area contributed by atoms with Gasteiger partial charge >= 0.3 is 0 Å². The highest BCUT2D eigenvalue weighted by molar-refractivity contribution is 7.99. The standard InChI is InChI=1S/C23H19ClN6O2S/c1-32-20-8-2-16(3-9-20)14-26-27-21(31)15-33-23-29-28-22(17-10-12-25-13-11-17)30(23)19-6-4-18(24)5-7-19/h2-14H,15H2,1H3,(H,27,31)/b26-14-. The Morgan fingerprint density at radius 2 is 1.82 bits per heavy atom. The SMILES string of the molecule is COc1ccc(/C=N\NC(=O)CSc2nnc(-c3ccncc3)n2-c2ccc(Cl)cc2)cc1. The topological polar surface area (TPSA) is 94.3 Å². The highest BCUT2D eigenvalue weighted by Gasteiger charge is 2.17. The molecule has 0 saturated heterocycles. The Bertz CT molecular complexity index is 1240. The van der Waals surface area contributed by atoms with E-state index in [9.17, 15) is 4.79 Å². The quantitative estimate of drug-likeness (QED) is 0.231. The molecule has 0 bridgehead atoms. The number of carbonyl (C=O) groups is 1. The number of nitrogens with zero attached hydrogens (tertiary/aromatic N) is 5. The van der Waals surface area contributed by atoms with E-state index in [2.05, 4.69) is 25.7 Å². The zero-order valence-corrected chi connectivity index (χ0v) is 19.1. The summed E-state index contributed by atoms with van der Waals surface area (Å²) < 4.78 is 7.00. The molecule has 10 heteroatoms. The van der Waals surface area contributed by atoms with Gasteiger partial charge in [-0.15, -0.1) is 10.2 Å². The van der Waals surface area contributed by atoms with E-state index >= 15 is 0 Å². The number of methoxy groups -OCH3 is 1. The minimum Gasteiger partial charge on any atom is -0.497 e. The van der Waals surface area contributed by atoms with Crippen LogP contribution in [0.2, 0.25) is 5.02 Å². The molecular weight excluding hydrogens is 460 g/mol. The zero-order chi connectivity index (χ0) is 23.0. The maximum absolute atomic E-state index is 12.3. The van der Waals surface area contributed by atoms with Crippen LogP contribution in [0.3, 0.4) is 0 Å². The summed E-state index contributed by atoms with van der Waals surface area (Å²) in [4.78, 5) is 16.4. The first-order valence-corrected chi connectivity index (χ1v) is 11.2. The Hall–Kier alpha value is -3.69. The number of ether oxygens (including phenoxy) is 1. The average Bonchev–Trinajstić information content (AvgIpc) is 3.28. The zero-order valence-electron chi connectivity index (χ0n) is 17.6. The molecule has 4 aromatic rings. The van der Waals surface area contributed by atoms with Gasteiger partial charge in [0, 0.05) is 28.7 Å². The van der Waals surface area contributed by atoms with Gasteiger partial charge in [0.25, 0.3) is 5.91 Å². The molecule has 0 fully saturated rings. The maximum Gasteiger partial charge on any atom is 0.250 e. The van der Waals surface area contributed by atoms with Crippen molar-refractivity contribution in [3.8, 4) is 22.8 Å². The van der Waals surface area contributed by atoms with Crippen LogP contribution >= 0.6 is 23.4 Å². The lowest BCUT2D eigenvalue weighted by Gasteiger charge is -2.10. The van der Waals surface area contributed by atoms with Gasteiger partial charge in [0.2, 0.25) is 0 Å². The van der Waals surface area contributed by atoms with Crippen molar-refractivity contribution < 1.29 is 9.53 Å². The lowest BCUT2D eigenvalue weighted by Crippen LogP contribution is -2.20. The normalized spacial score (nSPS) is 11.0. The third kappa shape index (κ3) is 5.76. The lowest BCUT2D eigenvalue weighted by molar-refractivity contribution is -0.118. The molecule has 2 aromatic heterocycles. The van der Waals surface area contributed by atoms with Gasteiger partial charge in [0.15, 0.2) is 11.0 Å². The van der Waals surface area contributed by atoms with E-state index in [0.29, 0.717) is 16.0 Å². The fourth-order valence-electron chi connectivity index (χ4n) is 2.91. The summed E-state index contributed by atoms with van der Waals surface area (Å²) in [5.41, 5.74) is 5.06. The monoisotopic (exact) mass is 478 g/mol. The number of amides is 1. The number of rotatable bonds is 8. The second-order valence-electron chi connectivity index (χ2n) is 6.71. The van der Waals surface area contributed by atoms with Crippen molar-refractivity contribution in [2.75, 3.05) is 12.9 Å². The van der Waals surface area contributed by atoms with Crippen molar-refractivity contribution >= 4 is 35.5 Å². The molecule has 0 radical (unpaired) electrons. The third-order valence-electron chi connectivity index (χ3n) is 4.51. The molecule has 1 amide bonds. The van der Waals surface area contributed by atoms with Crippen LogP contribution in [0.4, 0.5) is 0 Å². The summed E-state index contributed by atoms with van der Waals surface area (Å²) in [6, 6.07) is 18.4. The van der Waals surface area contributed by atoms with Crippen LogP contribution in [0, 0.1) is 0 Å². The number of carbonyl (C=O) groups excluding carboxylic acids is 1. The minimum atomic E-state index is -0.263. The molecule has 0 unspecified atom stereocenters. The van der Waals surface area contributed by atoms with E-state index < -0.39 is 0 Å². The molecule has 166 valence electrons. The third-order valence-corrected chi connectivity index (χ3v) is 5.69. The minimum absolute atomic E-state index is 0.113. The van der Waals surface area contributed by atoms with Crippen molar-refractivity contribution in [2.45, 2.75) is 5.16 Å². The predicted molar refractivity (Wildman–Crippen MR) is 129 cm³/mol. The summed E-state index contributed by atoms with van der Waals surface area (Å²) in [5, 5.41) is 13.8. The van der Waals surface area contributed by atoms with Gasteiger partial charge < -0.3 is 4.74 Å². The van der Waals surface area contributed by atoms with Gasteiger partial charge in [0.1, 0.15) is 5.75 Å². The van der Waals surface area contributed by atoms with Gasteiger partial charge in [-0.25, -0.2) is 5.43 Å². The molecule has 4 rings (SSSR count). The Balaban J connectivity index is 1.47. The van der Waals surface area contributed by atoms with E-state index in [4.69, 9.17) is 16.3 Å². The highest BCUT2D eigenvalue weighted by Crippen LogP contribution is 2.28. The van der Waals surface area contributed by atoms with E-state index in [1.54, 1.807) is 37.9 Å². The molecule has 0 aliphatic heterocycles. The number of halogens is 1. The number of hydrogen-bond donors (Lipinski definition) is 1. The van der Waals surface area contributed by atoms with Gasteiger partial charge in [-0.2, -0.15) is 5.10 Å². The lowest BCUT2D eigenvalue weighted by atomic mass is 10.2. The fraction of sp³-hybridized carbons (Fsp3) is 0.0870. The van der Waals surface area contributed by atoms with Crippen molar-refractivity contribution in [1.29, 1.82) is 0 Å². The van der Waals surface area contributed by atoms with E-state index in [1.165, 1.54) is 11.8 Å². The summed E-state index contributed by atoms with van der Waals surface area (Å²) >= 11 is 7.31. The van der Waals surface area contributed by atoms with Crippen molar-refractivity contribution in [3.05, 3.63) is 83.6 Å². The largest absolute Gasteiger partial charge is 0.497 e. The van der Waals surface area contributed by atoms with Crippen LogP contribution in [-0.4, -0.2) is 44.7 Å². The van der Waals surface area contributed by atoms with Crippen LogP contribution in [0.15, 0.2) is 83.3 Å². The number of aromatic nitrogens is 4. The first-order valence-electron chi connectivity index (χ1n) is 9.84. The molecule has 0 spiro atoms. The van der Waals surface area contributed by atoms with Crippen molar-refractivity contribution in [3.63, 3.8) is 0 Å². The summed E-state index contributed by atoms with van der Waals surface area (Å²) in [6.07, 6.45) is 4.95. The fourth-order valence-corrected chi connectivity index (χ4v) is 3.78. The van der Waals surface area contributed by atoms with Crippen LogP contribution in [0.1, 0.15) is 5.56 Å². The van der Waals surface area contributed by atoms with Gasteiger partial charge in [-0.05, 0) is 66.2 Å². The van der Waals surface area contributed by atoms with Gasteiger partial charge in [0.05, 0.1) is 19.1 Å². The summed E-state index contributed by atoms with van der Waals surface area (Å²) in [7, 11) is 1.61. The highest BCUT2D eigenvalue weighted by atomic mass is 35.5. The maximum atomic E-state index is 12.3. The second kappa shape index (κ2) is 10.8. The first kappa shape index (κ1) is 22.5. The molecule has 2 heterocycles. The van der Waals surface area contributed by atoms with Crippen LogP contribution < -0.4 is 10.2 Å². The molecule has 33 heavy (non-hydrogen) atoms. The molecule has 2 aromatic carbocycles. The van der Waals surface area contributed by atoms with Crippen LogP contribution in [0.5, 0.6) is 5.75 Å². The molecule has 0 aliphatic carbocycles.